The van der Waals surface area contributed by atoms with E-state index in [1.165, 1.54) is 10.8 Å². The molecule has 3 heteroatoms. The summed E-state index contributed by atoms with van der Waals surface area (Å²) in [5, 5.41) is 6.82. The fraction of sp³-hybridized carbons (Fsp3) is 0.278. The molecule has 0 fully saturated rings. The molecular weight excluding hydrogens is 258 g/mol. The lowest BCUT2D eigenvalue weighted by Gasteiger charge is -2.38. The molecule has 0 bridgehead atoms. The first-order chi connectivity index (χ1) is 10.3. The Morgan fingerprint density at radius 2 is 1.62 bits per heavy atom. The molecule has 0 amide bonds. The maximum absolute atomic E-state index is 4.97. The molecule has 1 atom stereocenters. The van der Waals surface area contributed by atoms with E-state index in [0.717, 1.165) is 18.4 Å². The van der Waals surface area contributed by atoms with Gasteiger partial charge in [-0.15, -0.1) is 0 Å². The maximum atomic E-state index is 4.97. The van der Waals surface area contributed by atoms with E-state index in [1.807, 2.05) is 12.1 Å². The van der Waals surface area contributed by atoms with Crippen LogP contribution in [0, 0.1) is 0 Å². The van der Waals surface area contributed by atoms with Gasteiger partial charge in [0.2, 0.25) is 0 Å². The molecule has 0 aliphatic carbocycles. The Morgan fingerprint density at radius 1 is 0.952 bits per heavy atom. The third kappa shape index (κ3) is 2.69. The first-order valence-corrected chi connectivity index (χ1v) is 7.56. The first-order valence-electron chi connectivity index (χ1n) is 7.56. The van der Waals surface area contributed by atoms with Gasteiger partial charge in [-0.1, -0.05) is 62.4 Å². The number of nitrogens with zero attached hydrogens (tertiary/aromatic N) is 3. The second-order valence-electron chi connectivity index (χ2n) is 5.12. The maximum Gasteiger partial charge on any atom is 0.161 e. The van der Waals surface area contributed by atoms with Gasteiger partial charge in [-0.25, -0.2) is 5.01 Å². The highest BCUT2D eigenvalue weighted by molar-refractivity contribution is 5.29. The predicted molar refractivity (Wildman–Crippen MR) is 85.6 cm³/mol. The van der Waals surface area contributed by atoms with Crippen LogP contribution in [-0.4, -0.2) is 23.1 Å². The highest BCUT2D eigenvalue weighted by Crippen LogP contribution is 2.24. The zero-order chi connectivity index (χ0) is 14.7. The molecule has 2 aromatic carbocycles. The number of hydrazine groups is 1. The summed E-state index contributed by atoms with van der Waals surface area (Å²) in [7, 11) is 0. The average molecular weight is 279 g/mol. The lowest BCUT2D eigenvalue weighted by molar-refractivity contribution is 0.0102. The van der Waals surface area contributed by atoms with Crippen LogP contribution >= 0.6 is 0 Å². The van der Waals surface area contributed by atoms with Crippen molar-refractivity contribution in [3.05, 3.63) is 70.7 Å². The molecule has 3 nitrogen and oxygen atoms in total. The summed E-state index contributed by atoms with van der Waals surface area (Å²) in [5.74, 6) is 0. The third-order valence-corrected chi connectivity index (χ3v) is 3.87. The van der Waals surface area contributed by atoms with Crippen molar-refractivity contribution in [3.8, 4) is 0 Å². The molecule has 0 aromatic heterocycles. The Bertz CT molecular complexity index is 705. The second-order valence-corrected chi connectivity index (χ2v) is 5.12. The van der Waals surface area contributed by atoms with E-state index >= 15 is 0 Å². The zero-order valence-corrected chi connectivity index (χ0v) is 12.6. The predicted octanol–water partition coefficient (Wildman–Crippen LogP) is 2.32. The lowest BCUT2D eigenvalue weighted by Crippen LogP contribution is -2.46. The van der Waals surface area contributed by atoms with Crippen LogP contribution < -0.4 is 10.6 Å². The van der Waals surface area contributed by atoms with Crippen molar-refractivity contribution in [1.29, 1.82) is 0 Å². The van der Waals surface area contributed by atoms with Gasteiger partial charge in [-0.05, 0) is 11.6 Å². The molecule has 1 heterocycles. The Hall–Kier alpha value is -2.13. The SMILES string of the molecule is CCN(CC)N1C=c2ccccc2=NC1c1ccccc1. The van der Waals surface area contributed by atoms with E-state index in [0.29, 0.717) is 0 Å². The van der Waals surface area contributed by atoms with Crippen LogP contribution in [0.15, 0.2) is 59.6 Å². The van der Waals surface area contributed by atoms with Crippen LogP contribution in [-0.2, 0) is 0 Å². The fourth-order valence-electron chi connectivity index (χ4n) is 2.76. The van der Waals surface area contributed by atoms with Gasteiger partial charge in [0.05, 0.1) is 5.36 Å². The lowest BCUT2D eigenvalue weighted by atomic mass is 10.1. The van der Waals surface area contributed by atoms with Crippen LogP contribution in [0.4, 0.5) is 0 Å². The molecule has 0 saturated carbocycles. The van der Waals surface area contributed by atoms with Crippen molar-refractivity contribution in [1.82, 2.24) is 10.0 Å². The minimum absolute atomic E-state index is 0.0148. The number of fused-ring (bicyclic) bond motifs is 1. The standard InChI is InChI=1S/C18H21N3/c1-3-20(4-2)21-14-16-12-8-9-13-17(16)19-18(21)15-10-6-5-7-11-15/h5-14,18H,3-4H2,1-2H3. The van der Waals surface area contributed by atoms with Gasteiger partial charge in [0.15, 0.2) is 6.17 Å². The van der Waals surface area contributed by atoms with Crippen LogP contribution in [0.5, 0.6) is 0 Å². The molecule has 1 unspecified atom stereocenters. The number of hydrogen-bond acceptors (Lipinski definition) is 3. The van der Waals surface area contributed by atoms with Gasteiger partial charge in [0.25, 0.3) is 0 Å². The number of rotatable bonds is 4. The van der Waals surface area contributed by atoms with Gasteiger partial charge in [-0.2, -0.15) is 0 Å². The molecule has 0 radical (unpaired) electrons. The molecular formula is C18H21N3. The summed E-state index contributed by atoms with van der Waals surface area (Å²) in [6.45, 7) is 6.29. The summed E-state index contributed by atoms with van der Waals surface area (Å²) >= 11 is 0. The third-order valence-electron chi connectivity index (χ3n) is 3.87. The van der Waals surface area contributed by atoms with E-state index in [1.54, 1.807) is 0 Å². The molecule has 0 N–H and O–H groups in total. The molecule has 1 aliphatic heterocycles. The van der Waals surface area contributed by atoms with Gasteiger partial charge in [0.1, 0.15) is 0 Å². The Balaban J connectivity index is 2.13. The van der Waals surface area contributed by atoms with Crippen molar-refractivity contribution < 1.29 is 0 Å². The fourth-order valence-corrected chi connectivity index (χ4v) is 2.76. The van der Waals surface area contributed by atoms with E-state index < -0.39 is 0 Å². The molecule has 0 saturated heterocycles. The number of para-hydroxylation sites is 1. The highest BCUT2D eigenvalue weighted by Gasteiger charge is 2.23. The molecule has 3 rings (SSSR count). The van der Waals surface area contributed by atoms with E-state index in [4.69, 9.17) is 4.99 Å². The average Bonchev–Trinajstić information content (AvgIpc) is 2.56. The van der Waals surface area contributed by atoms with Gasteiger partial charge >= 0.3 is 0 Å². The van der Waals surface area contributed by atoms with Crippen molar-refractivity contribution in [2.45, 2.75) is 20.0 Å². The van der Waals surface area contributed by atoms with Crippen LogP contribution in [0.3, 0.4) is 0 Å². The van der Waals surface area contributed by atoms with Crippen molar-refractivity contribution >= 4 is 6.20 Å². The zero-order valence-electron chi connectivity index (χ0n) is 12.6. The van der Waals surface area contributed by atoms with Gasteiger partial charge < -0.3 is 0 Å². The quantitative estimate of drug-likeness (QED) is 0.855. The number of hydrogen-bond donors (Lipinski definition) is 0. The number of benzene rings is 2. The van der Waals surface area contributed by atoms with Gasteiger partial charge in [-0.3, -0.25) is 10.0 Å². The Kier molecular flexibility index (Phi) is 4.02. The van der Waals surface area contributed by atoms with Crippen molar-refractivity contribution in [2.24, 2.45) is 4.99 Å². The Labute approximate surface area is 125 Å². The summed E-state index contributed by atoms with van der Waals surface area (Å²) in [6, 6.07) is 18.8. The van der Waals surface area contributed by atoms with E-state index in [9.17, 15) is 0 Å². The van der Waals surface area contributed by atoms with Gasteiger partial charge in [0, 0.05) is 24.5 Å². The normalized spacial score (nSPS) is 17.1. The minimum Gasteiger partial charge on any atom is -0.284 e. The minimum atomic E-state index is 0.0148. The summed E-state index contributed by atoms with van der Waals surface area (Å²) < 4.78 is 0. The van der Waals surface area contributed by atoms with Crippen LogP contribution in [0.2, 0.25) is 0 Å². The summed E-state index contributed by atoms with van der Waals surface area (Å²) in [6.07, 6.45) is 2.23. The second kappa shape index (κ2) is 6.10. The topological polar surface area (TPSA) is 18.8 Å². The van der Waals surface area contributed by atoms with Crippen LogP contribution in [0.1, 0.15) is 25.6 Å². The molecule has 21 heavy (non-hydrogen) atoms. The monoisotopic (exact) mass is 279 g/mol. The van der Waals surface area contributed by atoms with Crippen molar-refractivity contribution in [3.63, 3.8) is 0 Å². The van der Waals surface area contributed by atoms with Crippen molar-refractivity contribution in [2.75, 3.05) is 13.1 Å². The van der Waals surface area contributed by atoms with E-state index in [2.05, 4.69) is 72.5 Å². The Morgan fingerprint density at radius 3 is 2.33 bits per heavy atom. The van der Waals surface area contributed by atoms with E-state index in [-0.39, 0.29) is 6.17 Å². The molecule has 108 valence electrons. The largest absolute Gasteiger partial charge is 0.284 e. The first kappa shape index (κ1) is 13.8. The molecule has 0 spiro atoms. The summed E-state index contributed by atoms with van der Waals surface area (Å²) in [4.78, 5) is 4.97. The smallest absolute Gasteiger partial charge is 0.161 e. The molecule has 2 aromatic rings. The summed E-state index contributed by atoms with van der Waals surface area (Å²) in [5.41, 5.74) is 1.22. The molecule has 1 aliphatic rings. The van der Waals surface area contributed by atoms with Crippen LogP contribution in [0.25, 0.3) is 6.20 Å². The highest BCUT2D eigenvalue weighted by atomic mass is 15.6.